The molecule has 1 unspecified atom stereocenters. The van der Waals surface area contributed by atoms with E-state index in [-0.39, 0.29) is 23.6 Å². The van der Waals surface area contributed by atoms with Gasteiger partial charge in [0.05, 0.1) is 31.5 Å². The highest BCUT2D eigenvalue weighted by molar-refractivity contribution is 6.46. The summed E-state index contributed by atoms with van der Waals surface area (Å²) in [5, 5.41) is 20.7. The van der Waals surface area contributed by atoms with Crippen LogP contribution in [0.2, 0.25) is 0 Å². The molecule has 152 valence electrons. The van der Waals surface area contributed by atoms with Crippen LogP contribution in [-0.4, -0.2) is 33.9 Å². The molecule has 1 aliphatic heterocycles. The second-order valence-electron chi connectivity index (χ2n) is 6.83. The fourth-order valence-electron chi connectivity index (χ4n) is 3.54. The van der Waals surface area contributed by atoms with Gasteiger partial charge in [-0.25, -0.2) is 0 Å². The number of phenolic OH excluding ortho intramolecular Hbond substituents is 1. The van der Waals surface area contributed by atoms with Gasteiger partial charge >= 0.3 is 0 Å². The number of aliphatic hydroxyl groups is 1. The second-order valence-corrected chi connectivity index (χ2v) is 6.83. The number of likely N-dealkylation sites (tertiary alicyclic amines) is 1. The van der Waals surface area contributed by atoms with Gasteiger partial charge in [0, 0.05) is 5.56 Å². The number of hydrogen-bond donors (Lipinski definition) is 2. The third-order valence-electron chi connectivity index (χ3n) is 5.00. The molecule has 0 spiro atoms. The molecule has 1 aliphatic rings. The average Bonchev–Trinajstić information content (AvgIpc) is 3.36. The topological polar surface area (TPSA) is 100 Å². The average molecular weight is 405 g/mol. The van der Waals surface area contributed by atoms with Gasteiger partial charge in [0.2, 0.25) is 0 Å². The van der Waals surface area contributed by atoms with Crippen molar-refractivity contribution in [3.05, 3.63) is 89.4 Å². The smallest absolute Gasteiger partial charge is 0.296 e. The Morgan fingerprint density at radius 1 is 1.10 bits per heavy atom. The highest BCUT2D eigenvalue weighted by Crippen LogP contribution is 2.40. The second kappa shape index (κ2) is 7.79. The minimum Gasteiger partial charge on any atom is -0.508 e. The maximum atomic E-state index is 12.9. The number of ketones is 1. The van der Waals surface area contributed by atoms with Crippen molar-refractivity contribution < 1.29 is 29.0 Å². The number of carbonyl (C=O) groups excluding carboxylic acids is 2. The molecule has 4 rings (SSSR count). The zero-order valence-electron chi connectivity index (χ0n) is 16.1. The van der Waals surface area contributed by atoms with Crippen LogP contribution in [-0.2, 0) is 16.1 Å². The van der Waals surface area contributed by atoms with E-state index in [0.29, 0.717) is 22.6 Å². The third kappa shape index (κ3) is 3.41. The Hall–Kier alpha value is -4.00. The molecule has 1 fully saturated rings. The van der Waals surface area contributed by atoms with Gasteiger partial charge in [-0.3, -0.25) is 9.59 Å². The van der Waals surface area contributed by atoms with E-state index in [0.717, 1.165) is 0 Å². The van der Waals surface area contributed by atoms with E-state index in [1.165, 1.54) is 30.4 Å². The van der Waals surface area contributed by atoms with Crippen LogP contribution in [0.25, 0.3) is 5.76 Å². The van der Waals surface area contributed by atoms with Crippen molar-refractivity contribution in [2.24, 2.45) is 0 Å². The number of aromatic hydroxyl groups is 1. The molecule has 7 nitrogen and oxygen atoms in total. The zero-order chi connectivity index (χ0) is 21.3. The Kier molecular flexibility index (Phi) is 5.02. The van der Waals surface area contributed by atoms with Crippen molar-refractivity contribution in [1.29, 1.82) is 0 Å². The fourth-order valence-corrected chi connectivity index (χ4v) is 3.54. The van der Waals surface area contributed by atoms with Crippen molar-refractivity contribution >= 4 is 17.4 Å². The first-order chi connectivity index (χ1) is 14.5. The lowest BCUT2D eigenvalue weighted by atomic mass is 9.95. The highest BCUT2D eigenvalue weighted by Gasteiger charge is 2.46. The van der Waals surface area contributed by atoms with Gasteiger partial charge in [-0.15, -0.1) is 0 Å². The van der Waals surface area contributed by atoms with Crippen LogP contribution in [0.3, 0.4) is 0 Å². The number of furan rings is 1. The van der Waals surface area contributed by atoms with Crippen molar-refractivity contribution in [1.82, 2.24) is 4.90 Å². The Morgan fingerprint density at radius 2 is 1.87 bits per heavy atom. The number of carbonyl (C=O) groups is 2. The van der Waals surface area contributed by atoms with Crippen LogP contribution in [0.1, 0.15) is 22.9 Å². The van der Waals surface area contributed by atoms with E-state index in [4.69, 9.17) is 9.15 Å². The first-order valence-electron chi connectivity index (χ1n) is 9.23. The van der Waals surface area contributed by atoms with Crippen molar-refractivity contribution in [3.63, 3.8) is 0 Å². The minimum atomic E-state index is -0.845. The van der Waals surface area contributed by atoms with Gasteiger partial charge in [0.25, 0.3) is 11.7 Å². The molecule has 2 N–H and O–H groups in total. The van der Waals surface area contributed by atoms with Crippen LogP contribution in [0.5, 0.6) is 11.5 Å². The van der Waals surface area contributed by atoms with Gasteiger partial charge in [-0.1, -0.05) is 24.3 Å². The third-order valence-corrected chi connectivity index (χ3v) is 5.00. The number of benzene rings is 2. The SMILES string of the molecule is COc1cccc(/C(O)=C2/C(=O)C(=O)N(Cc3ccco3)C2c2ccc(O)cc2)c1. The number of aliphatic hydroxyl groups excluding tert-OH is 1. The lowest BCUT2D eigenvalue weighted by Gasteiger charge is -2.24. The van der Waals surface area contributed by atoms with Gasteiger partial charge in [0.15, 0.2) is 0 Å². The standard InChI is InChI=1S/C23H19NO6/c1-29-17-5-2-4-15(12-17)21(26)19-20(14-7-9-16(25)10-8-14)24(23(28)22(19)27)13-18-6-3-11-30-18/h2-12,20,25-26H,13H2,1H3/b21-19-. The van der Waals surface area contributed by atoms with Gasteiger partial charge in [0.1, 0.15) is 23.0 Å². The molecule has 0 aliphatic carbocycles. The predicted octanol–water partition coefficient (Wildman–Crippen LogP) is 3.62. The largest absolute Gasteiger partial charge is 0.508 e. The normalized spacial score (nSPS) is 18.0. The zero-order valence-corrected chi connectivity index (χ0v) is 16.1. The molecular formula is C23H19NO6. The summed E-state index contributed by atoms with van der Waals surface area (Å²) in [5.74, 6) is -0.775. The van der Waals surface area contributed by atoms with E-state index in [2.05, 4.69) is 0 Å². The lowest BCUT2D eigenvalue weighted by Crippen LogP contribution is -2.29. The van der Waals surface area contributed by atoms with Crippen LogP contribution in [0, 0.1) is 0 Å². The highest BCUT2D eigenvalue weighted by atomic mass is 16.5. The van der Waals surface area contributed by atoms with E-state index < -0.39 is 17.7 Å². The Labute approximate surface area is 172 Å². The molecule has 0 saturated carbocycles. The summed E-state index contributed by atoms with van der Waals surface area (Å²) in [7, 11) is 1.50. The number of hydrogen-bond acceptors (Lipinski definition) is 6. The molecule has 0 bridgehead atoms. The number of phenols is 1. The molecule has 1 aromatic heterocycles. The number of rotatable bonds is 5. The molecule has 2 aromatic carbocycles. The first kappa shape index (κ1) is 19.3. The minimum absolute atomic E-state index is 0.0366. The Bertz CT molecular complexity index is 1110. The van der Waals surface area contributed by atoms with Crippen LogP contribution in [0.4, 0.5) is 0 Å². The predicted molar refractivity (Wildman–Crippen MR) is 108 cm³/mol. The van der Waals surface area contributed by atoms with Crippen molar-refractivity contribution in [2.45, 2.75) is 12.6 Å². The number of Topliss-reactive ketones (excluding diaryl/α,β-unsaturated/α-hetero) is 1. The summed E-state index contributed by atoms with van der Waals surface area (Å²) in [6.45, 7) is 0.0536. The fraction of sp³-hybridized carbons (Fsp3) is 0.130. The molecule has 30 heavy (non-hydrogen) atoms. The number of ether oxygens (including phenoxy) is 1. The summed E-state index contributed by atoms with van der Waals surface area (Å²) >= 11 is 0. The van der Waals surface area contributed by atoms with E-state index in [1.54, 1.807) is 48.5 Å². The number of methoxy groups -OCH3 is 1. The van der Waals surface area contributed by atoms with Gasteiger partial charge in [-0.2, -0.15) is 0 Å². The number of nitrogens with zero attached hydrogens (tertiary/aromatic N) is 1. The van der Waals surface area contributed by atoms with Crippen molar-refractivity contribution in [3.8, 4) is 11.5 Å². The van der Waals surface area contributed by atoms with Crippen LogP contribution in [0.15, 0.2) is 76.9 Å². The van der Waals surface area contributed by atoms with Gasteiger partial charge in [-0.05, 0) is 42.0 Å². The quantitative estimate of drug-likeness (QED) is 0.382. The molecule has 3 aromatic rings. The van der Waals surface area contributed by atoms with E-state index in [9.17, 15) is 19.8 Å². The summed E-state index contributed by atoms with van der Waals surface area (Å²) in [6.07, 6.45) is 1.48. The summed E-state index contributed by atoms with van der Waals surface area (Å²) in [6, 6.07) is 15.3. The maximum absolute atomic E-state index is 12.9. The van der Waals surface area contributed by atoms with E-state index in [1.807, 2.05) is 0 Å². The van der Waals surface area contributed by atoms with Crippen molar-refractivity contribution in [2.75, 3.05) is 7.11 Å². The molecule has 1 atom stereocenters. The first-order valence-corrected chi connectivity index (χ1v) is 9.23. The molecule has 2 heterocycles. The van der Waals surface area contributed by atoms with E-state index >= 15 is 0 Å². The Balaban J connectivity index is 1.86. The maximum Gasteiger partial charge on any atom is 0.296 e. The van der Waals surface area contributed by atoms with Crippen LogP contribution >= 0.6 is 0 Å². The monoisotopic (exact) mass is 405 g/mol. The molecule has 7 heteroatoms. The molecule has 1 amide bonds. The molecule has 0 radical (unpaired) electrons. The van der Waals surface area contributed by atoms with Gasteiger partial charge < -0.3 is 24.3 Å². The molecular weight excluding hydrogens is 386 g/mol. The van der Waals surface area contributed by atoms with Crippen LogP contribution < -0.4 is 4.74 Å². The molecule has 1 saturated heterocycles. The number of amides is 1. The summed E-state index contributed by atoms with van der Waals surface area (Å²) in [5.41, 5.74) is 0.891. The summed E-state index contributed by atoms with van der Waals surface area (Å²) in [4.78, 5) is 27.2. The summed E-state index contributed by atoms with van der Waals surface area (Å²) < 4.78 is 10.5. The lowest BCUT2D eigenvalue weighted by molar-refractivity contribution is -0.140. The Morgan fingerprint density at radius 3 is 2.53 bits per heavy atom.